The third-order valence-corrected chi connectivity index (χ3v) is 8.96. The minimum Gasteiger partial charge on any atom is -0.369 e. The van der Waals surface area contributed by atoms with E-state index in [2.05, 4.69) is 9.98 Å². The lowest BCUT2D eigenvalue weighted by Gasteiger charge is -2.42. The number of nitrogens with two attached hydrogens (primary N) is 1. The lowest BCUT2D eigenvalue weighted by molar-refractivity contribution is 0.0988. The van der Waals surface area contributed by atoms with Gasteiger partial charge in [0.05, 0.1) is 5.02 Å². The Morgan fingerprint density at radius 3 is 2.60 bits per heavy atom. The van der Waals surface area contributed by atoms with Crippen LogP contribution in [-0.4, -0.2) is 41.2 Å². The van der Waals surface area contributed by atoms with E-state index in [0.29, 0.717) is 23.4 Å². The lowest BCUT2D eigenvalue weighted by atomic mass is 9.85. The Morgan fingerprint density at radius 2 is 2.00 bits per heavy atom. The maximum absolute atomic E-state index is 14.9. The number of guanidine groups is 1. The summed E-state index contributed by atoms with van der Waals surface area (Å²) < 4.78 is 40.7. The fraction of sp³-hybridized carbons (Fsp3) is 0.350. The van der Waals surface area contributed by atoms with Gasteiger partial charge in [0.25, 0.3) is 0 Å². The maximum Gasteiger partial charge on any atom is 0.245 e. The molecule has 2 N–H and O–H groups in total. The number of hydrogen-bond donors (Lipinski definition) is 1. The first kappa shape index (κ1) is 20.7. The first-order valence-electron chi connectivity index (χ1n) is 9.29. The van der Waals surface area contributed by atoms with E-state index in [1.165, 1.54) is 37.5 Å². The van der Waals surface area contributed by atoms with Crippen LogP contribution in [0.4, 0.5) is 4.39 Å². The number of halogens is 2. The topological polar surface area (TPSA) is 106 Å². The summed E-state index contributed by atoms with van der Waals surface area (Å²) in [6.07, 6.45) is 2.05. The molecule has 2 aromatic rings. The molecule has 1 aliphatic heterocycles. The summed E-state index contributed by atoms with van der Waals surface area (Å²) >= 11 is 5.80. The highest BCUT2D eigenvalue weighted by atomic mass is 35.5. The monoisotopic (exact) mass is 450 g/mol. The van der Waals surface area contributed by atoms with Gasteiger partial charge in [-0.2, -0.15) is 0 Å². The molecular formula is C20H20ClFN4O3S. The number of sulfonamides is 1. The zero-order chi connectivity index (χ0) is 21.9. The number of ketones is 1. The molecule has 1 spiro atoms. The van der Waals surface area contributed by atoms with Gasteiger partial charge in [-0.3, -0.25) is 9.78 Å². The Labute approximate surface area is 178 Å². The van der Waals surface area contributed by atoms with E-state index >= 15 is 0 Å². The summed E-state index contributed by atoms with van der Waals surface area (Å²) in [4.78, 5) is 21.0. The third kappa shape index (κ3) is 2.91. The van der Waals surface area contributed by atoms with Crippen molar-refractivity contribution in [2.75, 3.05) is 7.05 Å². The number of aliphatic imine (C=N–C) groups is 1. The van der Waals surface area contributed by atoms with Crippen molar-refractivity contribution in [3.05, 3.63) is 64.2 Å². The van der Waals surface area contributed by atoms with Gasteiger partial charge in [0.15, 0.2) is 5.78 Å². The van der Waals surface area contributed by atoms with E-state index in [1.54, 1.807) is 13.0 Å². The van der Waals surface area contributed by atoms with Gasteiger partial charge in [-0.1, -0.05) is 17.7 Å². The number of carbonyl (C=O) groups is 1. The molecule has 0 bridgehead atoms. The van der Waals surface area contributed by atoms with Crippen LogP contribution < -0.4 is 5.73 Å². The quantitative estimate of drug-likeness (QED) is 0.721. The molecule has 10 heteroatoms. The van der Waals surface area contributed by atoms with Gasteiger partial charge < -0.3 is 5.73 Å². The van der Waals surface area contributed by atoms with E-state index in [-0.39, 0.29) is 29.4 Å². The SMILES string of the molecule is CN1C(N)=N[C@](C)(c2cc(CC(=O)c3ccc(Cl)cn3)ccc2F)C2(CC2)S1(=O)=O. The van der Waals surface area contributed by atoms with Crippen LogP contribution in [0.3, 0.4) is 0 Å². The van der Waals surface area contributed by atoms with Gasteiger partial charge in [0, 0.05) is 25.2 Å². The molecule has 0 saturated heterocycles. The Kier molecular flexibility index (Phi) is 4.66. The molecule has 1 fully saturated rings. The van der Waals surface area contributed by atoms with Gasteiger partial charge in [-0.15, -0.1) is 0 Å². The number of carbonyl (C=O) groups excluding carboxylic acids is 1. The van der Waals surface area contributed by atoms with Crippen LogP contribution in [0.15, 0.2) is 41.5 Å². The van der Waals surface area contributed by atoms with Crippen LogP contribution >= 0.6 is 11.6 Å². The number of nitrogens with zero attached hydrogens (tertiary/aromatic N) is 3. The van der Waals surface area contributed by atoms with E-state index in [4.69, 9.17) is 17.3 Å². The summed E-state index contributed by atoms with van der Waals surface area (Å²) in [7, 11) is -2.47. The van der Waals surface area contributed by atoms with Crippen molar-refractivity contribution in [1.29, 1.82) is 0 Å². The van der Waals surface area contributed by atoms with E-state index < -0.39 is 26.1 Å². The minimum atomic E-state index is -3.81. The third-order valence-electron chi connectivity index (χ3n) is 6.04. The van der Waals surface area contributed by atoms with Crippen molar-refractivity contribution in [3.8, 4) is 0 Å². The van der Waals surface area contributed by atoms with Crippen LogP contribution in [0.25, 0.3) is 0 Å². The standard InChI is InChI=1S/C20H20ClFN4O3S/c1-19(20(7-8-20)30(28,29)26(2)18(23)25-19)14-9-12(3-5-15(14)22)10-17(27)16-6-4-13(21)11-24-16/h3-6,9,11H,7-8,10H2,1-2H3,(H2,23,25)/t19-/m1/s1. The highest BCUT2D eigenvalue weighted by molar-refractivity contribution is 7.91. The second-order valence-corrected chi connectivity index (χ2v) is 10.5. The zero-order valence-electron chi connectivity index (χ0n) is 16.4. The first-order chi connectivity index (χ1) is 14.0. The molecular weight excluding hydrogens is 431 g/mol. The Hall–Kier alpha value is -2.52. The minimum absolute atomic E-state index is 0.0309. The largest absolute Gasteiger partial charge is 0.369 e. The highest BCUT2D eigenvalue weighted by Crippen LogP contribution is 2.60. The van der Waals surface area contributed by atoms with Crippen molar-refractivity contribution in [2.24, 2.45) is 10.7 Å². The van der Waals surface area contributed by atoms with Crippen LogP contribution in [0.5, 0.6) is 0 Å². The normalized spacial score (nSPS) is 23.9. The second-order valence-electron chi connectivity index (χ2n) is 7.78. The molecule has 0 amide bonds. The van der Waals surface area contributed by atoms with Crippen molar-refractivity contribution in [1.82, 2.24) is 9.29 Å². The number of rotatable bonds is 4. The molecule has 4 rings (SSSR count). The summed E-state index contributed by atoms with van der Waals surface area (Å²) in [6, 6.07) is 7.30. The molecule has 2 heterocycles. The molecule has 7 nitrogen and oxygen atoms in total. The predicted molar refractivity (Wildman–Crippen MR) is 111 cm³/mol. The van der Waals surface area contributed by atoms with Crippen molar-refractivity contribution >= 4 is 33.4 Å². The number of Topliss-reactive ketones (excluding diaryl/α,β-unsaturated/α-hetero) is 1. The van der Waals surface area contributed by atoms with Gasteiger partial charge in [-0.05, 0) is 49.6 Å². The number of hydrogen-bond acceptors (Lipinski definition) is 6. The van der Waals surface area contributed by atoms with Gasteiger partial charge in [-0.25, -0.2) is 22.1 Å². The molecule has 1 aromatic carbocycles. The maximum atomic E-state index is 14.9. The van der Waals surface area contributed by atoms with Gasteiger partial charge in [0.1, 0.15) is 21.8 Å². The lowest BCUT2D eigenvalue weighted by Crippen LogP contribution is -2.58. The molecule has 30 heavy (non-hydrogen) atoms. The average molecular weight is 451 g/mol. The highest BCUT2D eigenvalue weighted by Gasteiger charge is 2.70. The predicted octanol–water partition coefficient (Wildman–Crippen LogP) is 2.64. The number of benzene rings is 1. The Bertz CT molecular complexity index is 1180. The van der Waals surface area contributed by atoms with Crippen LogP contribution in [-0.2, 0) is 22.0 Å². The van der Waals surface area contributed by atoms with Crippen LogP contribution in [0, 0.1) is 5.82 Å². The molecule has 0 unspecified atom stereocenters. The Morgan fingerprint density at radius 1 is 1.30 bits per heavy atom. The second kappa shape index (κ2) is 6.75. The van der Waals surface area contributed by atoms with Crippen molar-refractivity contribution in [2.45, 2.75) is 36.5 Å². The van der Waals surface area contributed by atoms with Gasteiger partial charge >= 0.3 is 0 Å². The molecule has 2 aliphatic rings. The summed E-state index contributed by atoms with van der Waals surface area (Å²) in [5.41, 5.74) is 5.34. The van der Waals surface area contributed by atoms with E-state index in [0.717, 1.165) is 4.31 Å². The smallest absolute Gasteiger partial charge is 0.245 e. The molecule has 1 saturated carbocycles. The Balaban J connectivity index is 1.75. The fourth-order valence-corrected chi connectivity index (χ4v) is 6.27. The molecule has 158 valence electrons. The van der Waals surface area contributed by atoms with Crippen molar-refractivity contribution in [3.63, 3.8) is 0 Å². The fourth-order valence-electron chi connectivity index (χ4n) is 4.07. The van der Waals surface area contributed by atoms with E-state index in [9.17, 15) is 17.6 Å². The number of aromatic nitrogens is 1. The summed E-state index contributed by atoms with van der Waals surface area (Å²) in [6.45, 7) is 1.59. The molecule has 1 atom stereocenters. The first-order valence-corrected chi connectivity index (χ1v) is 11.1. The van der Waals surface area contributed by atoms with E-state index in [1.807, 2.05) is 0 Å². The molecule has 0 radical (unpaired) electrons. The number of pyridine rings is 1. The van der Waals surface area contributed by atoms with Crippen molar-refractivity contribution < 1.29 is 17.6 Å². The summed E-state index contributed by atoms with van der Waals surface area (Å²) in [5, 5.41) is 0.414. The average Bonchev–Trinajstić information content (AvgIpc) is 3.51. The van der Waals surface area contributed by atoms with Gasteiger partial charge in [0.2, 0.25) is 16.0 Å². The molecule has 1 aromatic heterocycles. The summed E-state index contributed by atoms with van der Waals surface area (Å²) in [5.74, 6) is -1.06. The van der Waals surface area contributed by atoms with Crippen LogP contribution in [0.2, 0.25) is 5.02 Å². The molecule has 1 aliphatic carbocycles. The van der Waals surface area contributed by atoms with Crippen LogP contribution in [0.1, 0.15) is 41.4 Å². The zero-order valence-corrected chi connectivity index (χ0v) is 18.0.